The van der Waals surface area contributed by atoms with E-state index in [1.54, 1.807) is 0 Å². The quantitative estimate of drug-likeness (QED) is 0.902. The SMILES string of the molecule is CC1CCc2[nH]c(=O)c(-c3noc(COC4CCN(C)CC4)n3)cc2C1. The zero-order valence-electron chi connectivity index (χ0n) is 15.5. The van der Waals surface area contributed by atoms with Crippen molar-refractivity contribution in [2.24, 2.45) is 5.92 Å². The van der Waals surface area contributed by atoms with Gasteiger partial charge < -0.3 is 19.1 Å². The van der Waals surface area contributed by atoms with E-state index in [0.29, 0.717) is 29.8 Å². The van der Waals surface area contributed by atoms with Gasteiger partial charge in [0, 0.05) is 18.8 Å². The van der Waals surface area contributed by atoms with E-state index in [-0.39, 0.29) is 11.7 Å². The summed E-state index contributed by atoms with van der Waals surface area (Å²) >= 11 is 0. The first kappa shape index (κ1) is 17.4. The molecule has 26 heavy (non-hydrogen) atoms. The van der Waals surface area contributed by atoms with E-state index in [2.05, 4.69) is 34.0 Å². The lowest BCUT2D eigenvalue weighted by Gasteiger charge is -2.28. The number of H-pyrrole nitrogens is 1. The second kappa shape index (κ2) is 7.32. The fraction of sp³-hybridized carbons (Fsp3) is 0.632. The Morgan fingerprint density at radius 3 is 2.96 bits per heavy atom. The van der Waals surface area contributed by atoms with Crippen molar-refractivity contribution in [2.45, 2.75) is 51.7 Å². The van der Waals surface area contributed by atoms with Crippen LogP contribution in [-0.4, -0.2) is 46.3 Å². The molecule has 2 aromatic heterocycles. The Labute approximate surface area is 152 Å². The van der Waals surface area contributed by atoms with Gasteiger partial charge in [0.1, 0.15) is 6.61 Å². The Kier molecular flexibility index (Phi) is 4.91. The van der Waals surface area contributed by atoms with Gasteiger partial charge in [-0.1, -0.05) is 12.1 Å². The molecule has 0 amide bonds. The van der Waals surface area contributed by atoms with Gasteiger partial charge in [-0.3, -0.25) is 4.79 Å². The summed E-state index contributed by atoms with van der Waals surface area (Å²) in [5.41, 5.74) is 2.56. The first-order valence-corrected chi connectivity index (χ1v) is 9.46. The number of nitrogens with zero attached hydrogens (tertiary/aromatic N) is 3. The minimum Gasteiger partial charge on any atom is -0.368 e. The van der Waals surface area contributed by atoms with E-state index in [0.717, 1.165) is 50.9 Å². The van der Waals surface area contributed by atoms with Gasteiger partial charge in [-0.15, -0.1) is 0 Å². The third-order valence-corrected chi connectivity index (χ3v) is 5.49. The van der Waals surface area contributed by atoms with Gasteiger partial charge in [0.2, 0.25) is 5.82 Å². The standard InChI is InChI=1S/C19H26N4O3/c1-12-3-4-16-13(9-12)10-15(19(24)20-16)18-21-17(26-22-18)11-25-14-5-7-23(2)8-6-14/h10,12,14H,3-9,11H2,1-2H3,(H,20,24). The summed E-state index contributed by atoms with van der Waals surface area (Å²) in [6.07, 6.45) is 5.27. The predicted octanol–water partition coefficient (Wildman–Crippen LogP) is 2.16. The number of aromatic nitrogens is 3. The number of nitrogens with one attached hydrogen (secondary N) is 1. The maximum atomic E-state index is 12.4. The van der Waals surface area contributed by atoms with Crippen LogP contribution in [0, 0.1) is 5.92 Å². The van der Waals surface area contributed by atoms with Crippen LogP contribution in [0.3, 0.4) is 0 Å². The van der Waals surface area contributed by atoms with Gasteiger partial charge >= 0.3 is 0 Å². The van der Waals surface area contributed by atoms with E-state index < -0.39 is 0 Å². The van der Waals surface area contributed by atoms with Gasteiger partial charge in [0.25, 0.3) is 11.4 Å². The Balaban J connectivity index is 1.46. The van der Waals surface area contributed by atoms with Crippen LogP contribution in [0.4, 0.5) is 0 Å². The van der Waals surface area contributed by atoms with E-state index in [1.807, 2.05) is 6.07 Å². The van der Waals surface area contributed by atoms with Crippen LogP contribution in [0.2, 0.25) is 0 Å². The molecule has 1 atom stereocenters. The molecule has 1 N–H and O–H groups in total. The van der Waals surface area contributed by atoms with Crippen LogP contribution < -0.4 is 5.56 Å². The molecule has 0 spiro atoms. The summed E-state index contributed by atoms with van der Waals surface area (Å²) in [7, 11) is 2.12. The zero-order chi connectivity index (χ0) is 18.1. The van der Waals surface area contributed by atoms with Crippen molar-refractivity contribution in [3.8, 4) is 11.4 Å². The summed E-state index contributed by atoms with van der Waals surface area (Å²) in [4.78, 5) is 22.1. The molecule has 0 saturated carbocycles. The number of aryl methyl sites for hydroxylation is 1. The predicted molar refractivity (Wildman–Crippen MR) is 96.9 cm³/mol. The zero-order valence-corrected chi connectivity index (χ0v) is 15.5. The fourth-order valence-corrected chi connectivity index (χ4v) is 3.81. The third kappa shape index (κ3) is 3.73. The van der Waals surface area contributed by atoms with Gasteiger partial charge in [-0.05, 0) is 56.7 Å². The lowest BCUT2D eigenvalue weighted by molar-refractivity contribution is -0.00830. The van der Waals surface area contributed by atoms with Crippen LogP contribution in [0.25, 0.3) is 11.4 Å². The lowest BCUT2D eigenvalue weighted by Crippen LogP contribution is -2.34. The average Bonchev–Trinajstić information content (AvgIpc) is 3.10. The first-order valence-electron chi connectivity index (χ1n) is 9.46. The molecule has 1 fully saturated rings. The Bertz CT molecular complexity index is 820. The molecule has 1 aliphatic carbocycles. The van der Waals surface area contributed by atoms with Gasteiger partial charge in [0.15, 0.2) is 0 Å². The van der Waals surface area contributed by atoms with Crippen LogP contribution in [-0.2, 0) is 24.2 Å². The molecule has 140 valence electrons. The molecule has 7 nitrogen and oxygen atoms in total. The van der Waals surface area contributed by atoms with Crippen LogP contribution in [0.5, 0.6) is 0 Å². The summed E-state index contributed by atoms with van der Waals surface area (Å²) in [6, 6.07) is 1.93. The number of piperidine rings is 1. The lowest BCUT2D eigenvalue weighted by atomic mass is 9.87. The number of likely N-dealkylation sites (tertiary alicyclic amines) is 1. The number of aromatic amines is 1. The molecule has 0 radical (unpaired) electrons. The summed E-state index contributed by atoms with van der Waals surface area (Å²) in [5, 5.41) is 4.00. The fourth-order valence-electron chi connectivity index (χ4n) is 3.81. The second-order valence-electron chi connectivity index (χ2n) is 7.69. The second-order valence-corrected chi connectivity index (χ2v) is 7.69. The average molecular weight is 358 g/mol. The molecule has 2 aromatic rings. The number of hydrogen-bond acceptors (Lipinski definition) is 6. The maximum absolute atomic E-state index is 12.4. The Morgan fingerprint density at radius 2 is 2.15 bits per heavy atom. The van der Waals surface area contributed by atoms with Gasteiger partial charge in [-0.2, -0.15) is 4.98 Å². The van der Waals surface area contributed by atoms with Crippen molar-refractivity contribution < 1.29 is 9.26 Å². The topological polar surface area (TPSA) is 84.2 Å². The van der Waals surface area contributed by atoms with Crippen molar-refractivity contribution in [2.75, 3.05) is 20.1 Å². The molecule has 7 heteroatoms. The maximum Gasteiger partial charge on any atom is 0.259 e. The van der Waals surface area contributed by atoms with Crippen LogP contribution in [0.15, 0.2) is 15.4 Å². The molecule has 1 unspecified atom stereocenters. The van der Waals surface area contributed by atoms with E-state index >= 15 is 0 Å². The minimum absolute atomic E-state index is 0.151. The molecular weight excluding hydrogens is 332 g/mol. The minimum atomic E-state index is -0.151. The first-order chi connectivity index (χ1) is 12.6. The van der Waals surface area contributed by atoms with Gasteiger partial charge in [-0.25, -0.2) is 0 Å². The van der Waals surface area contributed by atoms with Crippen molar-refractivity contribution in [1.29, 1.82) is 0 Å². The Morgan fingerprint density at radius 1 is 1.35 bits per heavy atom. The third-order valence-electron chi connectivity index (χ3n) is 5.49. The summed E-state index contributed by atoms with van der Waals surface area (Å²) in [5.74, 6) is 1.39. The van der Waals surface area contributed by atoms with Crippen LogP contribution in [0.1, 0.15) is 43.3 Å². The molecule has 2 aliphatic rings. The molecule has 1 saturated heterocycles. The molecule has 3 heterocycles. The number of ether oxygens (including phenoxy) is 1. The van der Waals surface area contributed by atoms with Crippen molar-refractivity contribution in [1.82, 2.24) is 20.0 Å². The highest BCUT2D eigenvalue weighted by Crippen LogP contribution is 2.25. The molecule has 0 bridgehead atoms. The van der Waals surface area contributed by atoms with Crippen molar-refractivity contribution in [3.63, 3.8) is 0 Å². The highest BCUT2D eigenvalue weighted by atomic mass is 16.5. The molecule has 4 rings (SSSR count). The number of rotatable bonds is 4. The number of hydrogen-bond donors (Lipinski definition) is 1. The number of fused-ring (bicyclic) bond motifs is 1. The molecule has 0 aromatic carbocycles. The monoisotopic (exact) mass is 358 g/mol. The smallest absolute Gasteiger partial charge is 0.259 e. The molecular formula is C19H26N4O3. The van der Waals surface area contributed by atoms with E-state index in [1.165, 1.54) is 5.56 Å². The highest BCUT2D eigenvalue weighted by Gasteiger charge is 2.21. The van der Waals surface area contributed by atoms with E-state index in [4.69, 9.17) is 9.26 Å². The van der Waals surface area contributed by atoms with Crippen molar-refractivity contribution >= 4 is 0 Å². The van der Waals surface area contributed by atoms with Crippen molar-refractivity contribution in [3.05, 3.63) is 33.6 Å². The largest absolute Gasteiger partial charge is 0.368 e. The highest BCUT2D eigenvalue weighted by molar-refractivity contribution is 5.54. The Hall–Kier alpha value is -1.99. The summed E-state index contributed by atoms with van der Waals surface area (Å²) in [6.45, 7) is 4.62. The van der Waals surface area contributed by atoms with E-state index in [9.17, 15) is 4.79 Å². The summed E-state index contributed by atoms with van der Waals surface area (Å²) < 4.78 is 11.2. The normalized spacial score (nSPS) is 21.7. The van der Waals surface area contributed by atoms with Gasteiger partial charge in [0.05, 0.1) is 11.7 Å². The molecule has 1 aliphatic heterocycles. The number of pyridine rings is 1. The van der Waals surface area contributed by atoms with Crippen LogP contribution >= 0.6 is 0 Å².